The van der Waals surface area contributed by atoms with E-state index >= 15 is 0 Å². The summed E-state index contributed by atoms with van der Waals surface area (Å²) in [5.74, 6) is 0. The molecule has 0 bridgehead atoms. The van der Waals surface area contributed by atoms with Gasteiger partial charge in [0.05, 0.1) is 10.6 Å². The van der Waals surface area contributed by atoms with Gasteiger partial charge in [-0.3, -0.25) is 0 Å². The lowest BCUT2D eigenvalue weighted by molar-refractivity contribution is -0.137. The second kappa shape index (κ2) is 6.22. The van der Waals surface area contributed by atoms with Crippen LogP contribution in [0.15, 0.2) is 35.5 Å². The SMILES string of the molecule is CN(C)S(=O)(=O)c1ccc2c(-c3nc(Cl)ncc3C(F)(F)F)c[nH]c2c1. The molecule has 3 rings (SSSR count). The molecule has 0 aliphatic carbocycles. The van der Waals surface area contributed by atoms with Crippen molar-refractivity contribution in [1.82, 2.24) is 19.3 Å². The quantitative estimate of drug-likeness (QED) is 0.677. The van der Waals surface area contributed by atoms with Crippen molar-refractivity contribution in [2.24, 2.45) is 0 Å². The molecular formula is C15H12ClF3N4O2S. The molecular weight excluding hydrogens is 393 g/mol. The lowest BCUT2D eigenvalue weighted by atomic mass is 10.1. The summed E-state index contributed by atoms with van der Waals surface area (Å²) in [6.07, 6.45) is -2.73. The average molecular weight is 405 g/mol. The number of rotatable bonds is 3. The van der Waals surface area contributed by atoms with Crippen molar-refractivity contribution >= 4 is 32.5 Å². The van der Waals surface area contributed by atoms with Gasteiger partial charge in [-0.05, 0) is 23.7 Å². The molecule has 0 unspecified atom stereocenters. The molecule has 0 aliphatic heterocycles. The summed E-state index contributed by atoms with van der Waals surface area (Å²) in [6, 6.07) is 4.10. The molecule has 2 heterocycles. The number of hydrogen-bond acceptors (Lipinski definition) is 4. The van der Waals surface area contributed by atoms with Crippen molar-refractivity contribution in [3.8, 4) is 11.3 Å². The van der Waals surface area contributed by atoms with Crippen LogP contribution in [0.2, 0.25) is 5.28 Å². The van der Waals surface area contributed by atoms with Gasteiger partial charge >= 0.3 is 6.18 Å². The normalized spacial score (nSPS) is 12.9. The summed E-state index contributed by atoms with van der Waals surface area (Å²) in [5, 5.41) is 0.0529. The molecule has 138 valence electrons. The standard InChI is InChI=1S/C15H12ClF3N4O2S/c1-23(2)26(24,25)8-3-4-9-10(6-20-12(9)5-8)13-11(15(17,18)19)7-21-14(16)22-13/h3-7,20H,1-2H3. The first kappa shape index (κ1) is 18.6. The van der Waals surface area contributed by atoms with Gasteiger partial charge in [0.25, 0.3) is 0 Å². The molecule has 0 spiro atoms. The number of nitrogens with zero attached hydrogens (tertiary/aromatic N) is 3. The topological polar surface area (TPSA) is 79.0 Å². The van der Waals surface area contributed by atoms with Crippen LogP contribution >= 0.6 is 11.6 Å². The number of alkyl halides is 3. The summed E-state index contributed by atoms with van der Waals surface area (Å²) in [7, 11) is -0.901. The zero-order valence-corrected chi connectivity index (χ0v) is 15.0. The molecule has 2 aromatic heterocycles. The van der Waals surface area contributed by atoms with Crippen molar-refractivity contribution in [3.63, 3.8) is 0 Å². The highest BCUT2D eigenvalue weighted by molar-refractivity contribution is 7.89. The van der Waals surface area contributed by atoms with Gasteiger partial charge in [-0.2, -0.15) is 13.2 Å². The minimum absolute atomic E-state index is 0.0140. The van der Waals surface area contributed by atoms with Gasteiger partial charge in [0.2, 0.25) is 15.3 Å². The number of benzene rings is 1. The Balaban J connectivity index is 2.22. The second-order valence-corrected chi connectivity index (χ2v) is 8.09. The molecule has 11 heteroatoms. The molecule has 0 radical (unpaired) electrons. The van der Waals surface area contributed by atoms with E-state index in [1.165, 1.54) is 38.5 Å². The maximum absolute atomic E-state index is 13.3. The molecule has 0 saturated heterocycles. The van der Waals surface area contributed by atoms with E-state index in [9.17, 15) is 21.6 Å². The Morgan fingerprint density at radius 3 is 2.54 bits per heavy atom. The fourth-order valence-electron chi connectivity index (χ4n) is 2.45. The van der Waals surface area contributed by atoms with Gasteiger partial charge in [-0.15, -0.1) is 0 Å². The summed E-state index contributed by atoms with van der Waals surface area (Å²) >= 11 is 5.67. The van der Waals surface area contributed by atoms with Crippen LogP contribution in [0.3, 0.4) is 0 Å². The number of H-pyrrole nitrogens is 1. The largest absolute Gasteiger partial charge is 0.419 e. The van der Waals surface area contributed by atoms with E-state index < -0.39 is 21.8 Å². The minimum atomic E-state index is -4.67. The Morgan fingerprint density at radius 2 is 1.92 bits per heavy atom. The Kier molecular flexibility index (Phi) is 4.45. The predicted molar refractivity (Wildman–Crippen MR) is 90.2 cm³/mol. The van der Waals surface area contributed by atoms with Crippen LogP contribution in [-0.2, 0) is 16.2 Å². The Hall–Kier alpha value is -2.17. The number of nitrogens with one attached hydrogen (secondary N) is 1. The van der Waals surface area contributed by atoms with E-state index in [1.54, 1.807) is 0 Å². The van der Waals surface area contributed by atoms with E-state index in [4.69, 9.17) is 11.6 Å². The number of sulfonamides is 1. The number of hydrogen-bond donors (Lipinski definition) is 1. The van der Waals surface area contributed by atoms with Crippen LogP contribution in [-0.4, -0.2) is 41.8 Å². The molecule has 26 heavy (non-hydrogen) atoms. The number of fused-ring (bicyclic) bond motifs is 1. The van der Waals surface area contributed by atoms with Gasteiger partial charge in [0.1, 0.15) is 5.56 Å². The van der Waals surface area contributed by atoms with Gasteiger partial charge in [0, 0.05) is 43.0 Å². The molecule has 0 fully saturated rings. The highest BCUT2D eigenvalue weighted by atomic mass is 35.5. The van der Waals surface area contributed by atoms with Crippen LogP contribution in [0.1, 0.15) is 5.56 Å². The number of aromatic amines is 1. The van der Waals surface area contributed by atoms with Gasteiger partial charge in [0.15, 0.2) is 0 Å². The lowest BCUT2D eigenvalue weighted by Crippen LogP contribution is -2.22. The maximum atomic E-state index is 13.3. The van der Waals surface area contributed by atoms with Crippen LogP contribution in [0, 0.1) is 0 Å². The third kappa shape index (κ3) is 3.15. The van der Waals surface area contributed by atoms with E-state index in [1.807, 2.05) is 0 Å². The fourth-order valence-corrected chi connectivity index (χ4v) is 3.51. The summed E-state index contributed by atoms with van der Waals surface area (Å²) in [6.45, 7) is 0. The maximum Gasteiger partial charge on any atom is 0.419 e. The van der Waals surface area contributed by atoms with Crippen molar-refractivity contribution in [1.29, 1.82) is 0 Å². The Labute approximate surface area is 151 Å². The Morgan fingerprint density at radius 1 is 1.23 bits per heavy atom. The smallest absolute Gasteiger partial charge is 0.360 e. The zero-order chi connectivity index (χ0) is 19.3. The van der Waals surface area contributed by atoms with E-state index in [-0.39, 0.29) is 21.4 Å². The summed E-state index contributed by atoms with van der Waals surface area (Å²) in [5.41, 5.74) is -0.920. The lowest BCUT2D eigenvalue weighted by Gasteiger charge is -2.12. The first-order chi connectivity index (χ1) is 12.0. The van der Waals surface area contributed by atoms with Gasteiger partial charge in [-0.25, -0.2) is 22.7 Å². The number of halogens is 4. The first-order valence-corrected chi connectivity index (χ1v) is 8.97. The van der Waals surface area contributed by atoms with Gasteiger partial charge in [-0.1, -0.05) is 6.07 Å². The first-order valence-electron chi connectivity index (χ1n) is 7.15. The zero-order valence-electron chi connectivity index (χ0n) is 13.5. The predicted octanol–water partition coefficient (Wildman–Crippen LogP) is 3.55. The molecule has 3 aromatic rings. The molecule has 0 amide bonds. The third-order valence-electron chi connectivity index (χ3n) is 3.75. The molecule has 1 aromatic carbocycles. The summed E-state index contributed by atoms with van der Waals surface area (Å²) < 4.78 is 65.3. The highest BCUT2D eigenvalue weighted by Gasteiger charge is 2.36. The van der Waals surface area contributed by atoms with Crippen LogP contribution < -0.4 is 0 Å². The highest BCUT2D eigenvalue weighted by Crippen LogP contribution is 2.38. The van der Waals surface area contributed by atoms with Crippen molar-refractivity contribution < 1.29 is 21.6 Å². The molecule has 6 nitrogen and oxygen atoms in total. The Bertz CT molecular complexity index is 1090. The van der Waals surface area contributed by atoms with Crippen molar-refractivity contribution in [3.05, 3.63) is 41.4 Å². The minimum Gasteiger partial charge on any atom is -0.360 e. The molecule has 0 saturated carbocycles. The second-order valence-electron chi connectivity index (χ2n) is 5.60. The van der Waals surface area contributed by atoms with Crippen molar-refractivity contribution in [2.75, 3.05) is 14.1 Å². The van der Waals surface area contributed by atoms with Crippen LogP contribution in [0.5, 0.6) is 0 Å². The van der Waals surface area contributed by atoms with Gasteiger partial charge < -0.3 is 4.98 Å². The third-order valence-corrected chi connectivity index (χ3v) is 5.74. The number of aromatic nitrogens is 3. The van der Waals surface area contributed by atoms with Crippen molar-refractivity contribution in [2.45, 2.75) is 11.1 Å². The van der Waals surface area contributed by atoms with Crippen LogP contribution in [0.4, 0.5) is 13.2 Å². The summed E-state index contributed by atoms with van der Waals surface area (Å²) in [4.78, 5) is 9.92. The molecule has 1 N–H and O–H groups in total. The molecule has 0 aliphatic rings. The fraction of sp³-hybridized carbons (Fsp3) is 0.200. The average Bonchev–Trinajstić information content (AvgIpc) is 2.96. The van der Waals surface area contributed by atoms with Crippen LogP contribution in [0.25, 0.3) is 22.2 Å². The van der Waals surface area contributed by atoms with E-state index in [0.717, 1.165) is 4.31 Å². The monoisotopic (exact) mass is 404 g/mol. The van der Waals surface area contributed by atoms with E-state index in [2.05, 4.69) is 15.0 Å². The van der Waals surface area contributed by atoms with E-state index in [0.29, 0.717) is 17.1 Å². The molecule has 0 atom stereocenters.